The second kappa shape index (κ2) is 7.54. The minimum Gasteiger partial charge on any atom is -0.341 e. The number of benzene rings is 1. The Morgan fingerprint density at radius 1 is 1.36 bits per heavy atom. The first kappa shape index (κ1) is 16.7. The number of rotatable bonds is 6. The van der Waals surface area contributed by atoms with Gasteiger partial charge in [-0.05, 0) is 31.5 Å². The molecule has 0 bridgehead atoms. The lowest BCUT2D eigenvalue weighted by Crippen LogP contribution is -2.37. The second-order valence-electron chi connectivity index (χ2n) is 5.17. The van der Waals surface area contributed by atoms with Crippen LogP contribution in [-0.2, 0) is 11.3 Å². The van der Waals surface area contributed by atoms with Crippen molar-refractivity contribution in [2.75, 3.05) is 13.1 Å². The topological polar surface area (TPSA) is 55.2 Å². The molecule has 0 spiro atoms. The first-order valence-electron chi connectivity index (χ1n) is 7.49. The molecule has 0 aliphatic rings. The number of hydrogen-bond donors (Lipinski definition) is 0. The van der Waals surface area contributed by atoms with Gasteiger partial charge in [0.15, 0.2) is 0 Å². The van der Waals surface area contributed by atoms with Crippen LogP contribution in [0.1, 0.15) is 26.7 Å². The van der Waals surface area contributed by atoms with Gasteiger partial charge in [-0.2, -0.15) is 0 Å². The maximum absolute atomic E-state index is 12.5. The average molecular weight is 366 g/mol. The van der Waals surface area contributed by atoms with Crippen LogP contribution in [0.2, 0.25) is 0 Å². The maximum atomic E-state index is 12.5. The smallest absolute Gasteiger partial charge is 0.261 e. The van der Waals surface area contributed by atoms with Crippen molar-refractivity contribution in [1.29, 1.82) is 0 Å². The molecule has 1 aromatic heterocycles. The fraction of sp³-hybridized carbons (Fsp3) is 0.438. The van der Waals surface area contributed by atoms with Gasteiger partial charge in [0.05, 0.1) is 17.2 Å². The third kappa shape index (κ3) is 3.74. The molecule has 1 amide bonds. The minimum absolute atomic E-state index is 0.0336. The van der Waals surface area contributed by atoms with E-state index in [-0.39, 0.29) is 18.0 Å². The number of fused-ring (bicyclic) bond motifs is 1. The van der Waals surface area contributed by atoms with E-state index in [0.717, 1.165) is 23.9 Å². The molecule has 118 valence electrons. The van der Waals surface area contributed by atoms with Crippen LogP contribution in [0.3, 0.4) is 0 Å². The van der Waals surface area contributed by atoms with Crippen molar-refractivity contribution >= 4 is 32.7 Å². The van der Waals surface area contributed by atoms with Crippen molar-refractivity contribution in [2.45, 2.75) is 33.2 Å². The molecule has 0 unspecified atom stereocenters. The molecule has 0 saturated carbocycles. The molecule has 6 heteroatoms. The van der Waals surface area contributed by atoms with Crippen molar-refractivity contribution in [3.05, 3.63) is 39.4 Å². The molecule has 2 rings (SSSR count). The monoisotopic (exact) mass is 365 g/mol. The molecule has 0 radical (unpaired) electrons. The van der Waals surface area contributed by atoms with E-state index < -0.39 is 0 Å². The highest BCUT2D eigenvalue weighted by Crippen LogP contribution is 2.14. The Labute approximate surface area is 138 Å². The maximum Gasteiger partial charge on any atom is 0.261 e. The first-order chi connectivity index (χ1) is 10.6. The summed E-state index contributed by atoms with van der Waals surface area (Å²) in [5, 5.41) is 0.515. The van der Waals surface area contributed by atoms with Crippen LogP contribution in [0.25, 0.3) is 10.9 Å². The lowest BCUT2D eigenvalue weighted by atomic mass is 10.2. The lowest BCUT2D eigenvalue weighted by Gasteiger charge is -2.21. The van der Waals surface area contributed by atoms with Crippen LogP contribution in [0.4, 0.5) is 0 Å². The summed E-state index contributed by atoms with van der Waals surface area (Å²) in [4.78, 5) is 30.8. The molecule has 0 fully saturated rings. The van der Waals surface area contributed by atoms with Gasteiger partial charge >= 0.3 is 0 Å². The van der Waals surface area contributed by atoms with Crippen LogP contribution in [-0.4, -0.2) is 33.4 Å². The van der Waals surface area contributed by atoms with Crippen molar-refractivity contribution in [3.63, 3.8) is 0 Å². The Morgan fingerprint density at radius 2 is 2.14 bits per heavy atom. The van der Waals surface area contributed by atoms with E-state index in [1.54, 1.807) is 17.0 Å². The molecule has 0 aliphatic heterocycles. The van der Waals surface area contributed by atoms with E-state index in [9.17, 15) is 9.59 Å². The summed E-state index contributed by atoms with van der Waals surface area (Å²) in [7, 11) is 0. The summed E-state index contributed by atoms with van der Waals surface area (Å²) in [5.41, 5.74) is 0.446. The summed E-state index contributed by atoms with van der Waals surface area (Å²) in [6.45, 7) is 5.46. The van der Waals surface area contributed by atoms with Gasteiger partial charge in [-0.25, -0.2) is 4.98 Å². The third-order valence-corrected chi connectivity index (χ3v) is 4.10. The zero-order valence-electron chi connectivity index (χ0n) is 12.9. The molecule has 0 saturated heterocycles. The molecule has 0 atom stereocenters. The lowest BCUT2D eigenvalue weighted by molar-refractivity contribution is -0.131. The number of carbonyl (C=O) groups is 1. The first-order valence-corrected chi connectivity index (χ1v) is 8.28. The van der Waals surface area contributed by atoms with Crippen LogP contribution in [0.5, 0.6) is 0 Å². The van der Waals surface area contributed by atoms with Crippen molar-refractivity contribution < 1.29 is 4.79 Å². The number of carbonyl (C=O) groups excluding carboxylic acids is 1. The van der Waals surface area contributed by atoms with Crippen LogP contribution in [0.15, 0.2) is 33.8 Å². The predicted octanol–water partition coefficient (Wildman–Crippen LogP) is 2.81. The number of likely N-dealkylation sites (N-methyl/N-ethyl adjacent to an activating group) is 1. The molecule has 5 nitrogen and oxygen atoms in total. The SMILES string of the molecule is CCCCN(CC)C(=O)Cn1cnc2ccc(Br)cc2c1=O. The normalized spacial score (nSPS) is 10.9. The summed E-state index contributed by atoms with van der Waals surface area (Å²) in [5.74, 6) is -0.0470. The number of nitrogens with zero attached hydrogens (tertiary/aromatic N) is 3. The standard InChI is InChI=1S/C16H20BrN3O2/c1-3-5-8-19(4-2)15(21)10-20-11-18-14-7-6-12(17)9-13(14)16(20)22/h6-7,9,11H,3-5,8,10H2,1-2H3. The Morgan fingerprint density at radius 3 is 2.82 bits per heavy atom. The van der Waals surface area contributed by atoms with Crippen molar-refractivity contribution in [1.82, 2.24) is 14.5 Å². The van der Waals surface area contributed by atoms with Gasteiger partial charge in [-0.1, -0.05) is 29.3 Å². The van der Waals surface area contributed by atoms with Gasteiger partial charge in [0.1, 0.15) is 6.54 Å². The predicted molar refractivity (Wildman–Crippen MR) is 90.9 cm³/mol. The quantitative estimate of drug-likeness (QED) is 0.790. The highest BCUT2D eigenvalue weighted by atomic mass is 79.9. The molecule has 0 N–H and O–H groups in total. The van der Waals surface area contributed by atoms with Gasteiger partial charge in [0, 0.05) is 17.6 Å². The Bertz CT molecular complexity index is 727. The van der Waals surface area contributed by atoms with Gasteiger partial charge in [-0.15, -0.1) is 0 Å². The minimum atomic E-state index is -0.189. The van der Waals surface area contributed by atoms with Gasteiger partial charge in [-0.3, -0.25) is 14.2 Å². The average Bonchev–Trinajstić information content (AvgIpc) is 2.51. The van der Waals surface area contributed by atoms with E-state index in [1.807, 2.05) is 13.0 Å². The largest absolute Gasteiger partial charge is 0.341 e. The van der Waals surface area contributed by atoms with Gasteiger partial charge < -0.3 is 4.90 Å². The molecule has 0 aliphatic carbocycles. The van der Waals surface area contributed by atoms with E-state index in [2.05, 4.69) is 27.8 Å². The number of hydrogen-bond acceptors (Lipinski definition) is 3. The fourth-order valence-corrected chi connectivity index (χ4v) is 2.66. The molecule has 22 heavy (non-hydrogen) atoms. The summed E-state index contributed by atoms with van der Waals surface area (Å²) in [6, 6.07) is 5.36. The van der Waals surface area contributed by atoms with Crippen LogP contribution < -0.4 is 5.56 Å². The van der Waals surface area contributed by atoms with Gasteiger partial charge in [0.25, 0.3) is 5.56 Å². The van der Waals surface area contributed by atoms with E-state index >= 15 is 0 Å². The number of unbranched alkanes of at least 4 members (excludes halogenated alkanes) is 1. The molecule has 1 aromatic carbocycles. The van der Waals surface area contributed by atoms with E-state index in [4.69, 9.17) is 0 Å². The number of aromatic nitrogens is 2. The summed E-state index contributed by atoms with van der Waals surface area (Å²) >= 11 is 3.35. The second-order valence-corrected chi connectivity index (χ2v) is 6.08. The Balaban J connectivity index is 2.26. The molecule has 2 aromatic rings. The highest BCUT2D eigenvalue weighted by molar-refractivity contribution is 9.10. The number of amides is 1. The van der Waals surface area contributed by atoms with Crippen LogP contribution >= 0.6 is 15.9 Å². The van der Waals surface area contributed by atoms with Gasteiger partial charge in [0.2, 0.25) is 5.91 Å². The number of halogens is 1. The fourth-order valence-electron chi connectivity index (χ4n) is 2.30. The van der Waals surface area contributed by atoms with Crippen LogP contribution in [0, 0.1) is 0 Å². The zero-order chi connectivity index (χ0) is 16.1. The molecular formula is C16H20BrN3O2. The molecular weight excluding hydrogens is 346 g/mol. The van der Waals surface area contributed by atoms with Crippen molar-refractivity contribution in [3.8, 4) is 0 Å². The summed E-state index contributed by atoms with van der Waals surface area (Å²) in [6.07, 6.45) is 3.46. The van der Waals surface area contributed by atoms with E-state index in [0.29, 0.717) is 17.4 Å². The molecule has 1 heterocycles. The third-order valence-electron chi connectivity index (χ3n) is 3.61. The van der Waals surface area contributed by atoms with Crippen molar-refractivity contribution in [2.24, 2.45) is 0 Å². The summed E-state index contributed by atoms with van der Waals surface area (Å²) < 4.78 is 2.20. The Kier molecular flexibility index (Phi) is 5.71. The zero-order valence-corrected chi connectivity index (χ0v) is 14.5. The van der Waals surface area contributed by atoms with E-state index in [1.165, 1.54) is 10.9 Å². The Hall–Kier alpha value is -1.69. The highest BCUT2D eigenvalue weighted by Gasteiger charge is 2.13.